The fourth-order valence-corrected chi connectivity index (χ4v) is 3.73. The summed E-state index contributed by atoms with van der Waals surface area (Å²) in [5, 5.41) is 8.29. The number of piperidine rings is 1. The van der Waals surface area contributed by atoms with Crippen LogP contribution in [0.2, 0.25) is 0 Å². The first-order valence-corrected chi connectivity index (χ1v) is 7.44. The van der Waals surface area contributed by atoms with Gasteiger partial charge in [0.15, 0.2) is 5.82 Å². The summed E-state index contributed by atoms with van der Waals surface area (Å²) in [6.45, 7) is 0. The van der Waals surface area contributed by atoms with Crippen molar-refractivity contribution in [2.24, 2.45) is 13.0 Å². The first kappa shape index (κ1) is 11.0. The SMILES string of the molecule is Cn1nc(C2CC2)nc1CC1CC2CCC(C1)N2. The number of aryl methyl sites for hydroxylation is 1. The Morgan fingerprint density at radius 2 is 1.89 bits per heavy atom. The molecule has 0 radical (unpaired) electrons. The van der Waals surface area contributed by atoms with E-state index >= 15 is 0 Å². The Balaban J connectivity index is 1.47. The molecule has 1 saturated carbocycles. The second-order valence-electron chi connectivity index (χ2n) is 6.46. The number of fused-ring (bicyclic) bond motifs is 2. The van der Waals surface area contributed by atoms with E-state index in [2.05, 4.69) is 17.5 Å². The summed E-state index contributed by atoms with van der Waals surface area (Å²) in [5.74, 6) is 3.81. The van der Waals surface area contributed by atoms with E-state index in [4.69, 9.17) is 4.98 Å². The van der Waals surface area contributed by atoms with E-state index in [0.29, 0.717) is 5.92 Å². The molecular weight excluding hydrogens is 224 g/mol. The van der Waals surface area contributed by atoms with Crippen LogP contribution >= 0.6 is 0 Å². The third-order valence-electron chi connectivity index (χ3n) is 4.85. The molecule has 3 fully saturated rings. The fourth-order valence-electron chi connectivity index (χ4n) is 3.73. The van der Waals surface area contributed by atoms with Gasteiger partial charge in [0.25, 0.3) is 0 Å². The van der Waals surface area contributed by atoms with Crippen LogP contribution in [0.1, 0.15) is 56.1 Å². The zero-order valence-electron chi connectivity index (χ0n) is 11.1. The lowest BCUT2D eigenvalue weighted by Gasteiger charge is -2.28. The molecule has 2 aliphatic heterocycles. The number of hydrogen-bond donors (Lipinski definition) is 1. The molecule has 2 bridgehead atoms. The highest BCUT2D eigenvalue weighted by atomic mass is 15.3. The van der Waals surface area contributed by atoms with Crippen LogP contribution in [-0.4, -0.2) is 26.8 Å². The van der Waals surface area contributed by atoms with Crippen molar-refractivity contribution < 1.29 is 0 Å². The van der Waals surface area contributed by atoms with Gasteiger partial charge in [0.1, 0.15) is 5.82 Å². The minimum atomic E-state index is 0.675. The molecule has 2 unspecified atom stereocenters. The zero-order valence-corrected chi connectivity index (χ0v) is 11.1. The van der Waals surface area contributed by atoms with Gasteiger partial charge in [-0.15, -0.1) is 0 Å². The molecule has 98 valence electrons. The lowest BCUT2D eigenvalue weighted by Crippen LogP contribution is -2.38. The van der Waals surface area contributed by atoms with E-state index in [1.54, 1.807) is 0 Å². The van der Waals surface area contributed by atoms with Crippen molar-refractivity contribution in [3.8, 4) is 0 Å². The van der Waals surface area contributed by atoms with Crippen LogP contribution in [0.3, 0.4) is 0 Å². The molecule has 3 aliphatic rings. The smallest absolute Gasteiger partial charge is 0.154 e. The van der Waals surface area contributed by atoms with Gasteiger partial charge < -0.3 is 5.32 Å². The van der Waals surface area contributed by atoms with E-state index in [1.165, 1.54) is 44.3 Å². The predicted molar refractivity (Wildman–Crippen MR) is 69.4 cm³/mol. The molecule has 0 amide bonds. The Hall–Kier alpha value is -0.900. The average molecular weight is 246 g/mol. The second kappa shape index (κ2) is 4.05. The molecule has 4 rings (SSSR count). The Morgan fingerprint density at radius 1 is 1.17 bits per heavy atom. The van der Waals surface area contributed by atoms with Crippen LogP contribution in [0, 0.1) is 5.92 Å². The van der Waals surface area contributed by atoms with E-state index in [0.717, 1.165) is 30.2 Å². The maximum absolute atomic E-state index is 4.77. The van der Waals surface area contributed by atoms with Gasteiger partial charge in [-0.3, -0.25) is 4.68 Å². The minimum Gasteiger partial charge on any atom is -0.311 e. The van der Waals surface area contributed by atoms with Crippen LogP contribution in [0.15, 0.2) is 0 Å². The number of hydrogen-bond acceptors (Lipinski definition) is 3. The molecule has 1 aromatic rings. The fraction of sp³-hybridized carbons (Fsp3) is 0.857. The molecule has 4 heteroatoms. The van der Waals surface area contributed by atoms with Crippen molar-refractivity contribution >= 4 is 0 Å². The summed E-state index contributed by atoms with van der Waals surface area (Å²) in [6.07, 6.45) is 9.15. The second-order valence-corrected chi connectivity index (χ2v) is 6.46. The van der Waals surface area contributed by atoms with E-state index in [9.17, 15) is 0 Å². The molecule has 1 aromatic heterocycles. The van der Waals surface area contributed by atoms with E-state index in [1.807, 2.05) is 4.68 Å². The molecule has 18 heavy (non-hydrogen) atoms. The minimum absolute atomic E-state index is 0.675. The summed E-state index contributed by atoms with van der Waals surface area (Å²) in [7, 11) is 2.06. The maximum atomic E-state index is 4.77. The highest BCUT2D eigenvalue weighted by Crippen LogP contribution is 2.38. The molecular formula is C14H22N4. The van der Waals surface area contributed by atoms with Crippen LogP contribution in [0.5, 0.6) is 0 Å². The standard InChI is InChI=1S/C14H22N4/c1-18-13(16-14(17-18)10-2-3-10)8-9-6-11-4-5-12(7-9)15-11/h9-12,15H,2-8H2,1H3. The number of nitrogens with zero attached hydrogens (tertiary/aromatic N) is 3. The van der Waals surface area contributed by atoms with Gasteiger partial charge in [-0.05, 0) is 44.4 Å². The Labute approximate surface area is 108 Å². The first-order valence-electron chi connectivity index (χ1n) is 7.44. The van der Waals surface area contributed by atoms with Gasteiger partial charge in [0, 0.05) is 31.5 Å². The normalized spacial score (nSPS) is 35.1. The van der Waals surface area contributed by atoms with Crippen LogP contribution in [0.4, 0.5) is 0 Å². The molecule has 2 atom stereocenters. The summed E-state index contributed by atoms with van der Waals surface area (Å²) in [5.41, 5.74) is 0. The number of nitrogens with one attached hydrogen (secondary N) is 1. The van der Waals surface area contributed by atoms with Gasteiger partial charge in [-0.1, -0.05) is 0 Å². The van der Waals surface area contributed by atoms with Gasteiger partial charge in [-0.2, -0.15) is 5.10 Å². The van der Waals surface area contributed by atoms with Crippen molar-refractivity contribution in [1.82, 2.24) is 20.1 Å². The first-order chi connectivity index (χ1) is 8.78. The molecule has 0 spiro atoms. The largest absolute Gasteiger partial charge is 0.311 e. The Kier molecular flexibility index (Phi) is 2.47. The highest BCUT2D eigenvalue weighted by molar-refractivity contribution is 5.07. The van der Waals surface area contributed by atoms with Crippen molar-refractivity contribution in [2.45, 2.75) is 62.9 Å². The average Bonchev–Trinajstić information content (AvgIpc) is 3.06. The molecule has 0 aromatic carbocycles. The summed E-state index contributed by atoms with van der Waals surface area (Å²) < 4.78 is 2.03. The zero-order chi connectivity index (χ0) is 12.1. The van der Waals surface area contributed by atoms with Crippen molar-refractivity contribution in [1.29, 1.82) is 0 Å². The van der Waals surface area contributed by atoms with E-state index in [-0.39, 0.29) is 0 Å². The van der Waals surface area contributed by atoms with Gasteiger partial charge in [0.05, 0.1) is 0 Å². The van der Waals surface area contributed by atoms with Crippen LogP contribution in [-0.2, 0) is 13.5 Å². The van der Waals surface area contributed by atoms with Crippen LogP contribution in [0.25, 0.3) is 0 Å². The van der Waals surface area contributed by atoms with E-state index < -0.39 is 0 Å². The Morgan fingerprint density at radius 3 is 2.56 bits per heavy atom. The van der Waals surface area contributed by atoms with Gasteiger partial charge in [0.2, 0.25) is 0 Å². The summed E-state index contributed by atoms with van der Waals surface area (Å²) in [4.78, 5) is 4.77. The summed E-state index contributed by atoms with van der Waals surface area (Å²) in [6, 6.07) is 1.56. The highest BCUT2D eigenvalue weighted by Gasteiger charge is 2.34. The monoisotopic (exact) mass is 246 g/mol. The van der Waals surface area contributed by atoms with Gasteiger partial charge >= 0.3 is 0 Å². The number of rotatable bonds is 3. The molecule has 4 nitrogen and oxygen atoms in total. The summed E-state index contributed by atoms with van der Waals surface area (Å²) >= 11 is 0. The third-order valence-corrected chi connectivity index (χ3v) is 4.85. The van der Waals surface area contributed by atoms with Crippen molar-refractivity contribution in [3.63, 3.8) is 0 Å². The van der Waals surface area contributed by atoms with Crippen LogP contribution < -0.4 is 5.32 Å². The lowest BCUT2D eigenvalue weighted by atomic mass is 9.89. The molecule has 1 aliphatic carbocycles. The third kappa shape index (κ3) is 1.96. The van der Waals surface area contributed by atoms with Crippen molar-refractivity contribution in [2.75, 3.05) is 0 Å². The Bertz CT molecular complexity index is 437. The lowest BCUT2D eigenvalue weighted by molar-refractivity contribution is 0.293. The molecule has 1 N–H and O–H groups in total. The molecule has 3 heterocycles. The maximum Gasteiger partial charge on any atom is 0.154 e. The number of aromatic nitrogens is 3. The predicted octanol–water partition coefficient (Wildman–Crippen LogP) is 1.77. The quantitative estimate of drug-likeness (QED) is 0.884. The van der Waals surface area contributed by atoms with Crippen molar-refractivity contribution in [3.05, 3.63) is 11.6 Å². The van der Waals surface area contributed by atoms with Gasteiger partial charge in [-0.25, -0.2) is 4.98 Å². The topological polar surface area (TPSA) is 42.7 Å². The molecule has 2 saturated heterocycles.